The molecular formula is C22H25N5O2. The summed E-state index contributed by atoms with van der Waals surface area (Å²) in [6, 6.07) is 11.9. The molecule has 0 atom stereocenters. The molecule has 7 heteroatoms. The van der Waals surface area contributed by atoms with Crippen LogP contribution in [0.2, 0.25) is 0 Å². The van der Waals surface area contributed by atoms with E-state index in [-0.39, 0.29) is 5.91 Å². The zero-order chi connectivity index (χ0) is 20.4. The summed E-state index contributed by atoms with van der Waals surface area (Å²) in [7, 11) is 0. The Morgan fingerprint density at radius 1 is 1.03 bits per heavy atom. The molecule has 1 aliphatic heterocycles. The molecule has 0 radical (unpaired) electrons. The number of benzene rings is 1. The standard InChI is InChI=1S/C22H25N5O2/c1-15-5-4-6-20(17(15)3)27-11-9-26(10-12-27)18-7-8-23-19(14-18)22(28)24-21-13-16(2)29-25-21/h4-8,13-14H,9-12H2,1-3H3,(H,24,25,28). The summed E-state index contributed by atoms with van der Waals surface area (Å²) in [5.41, 5.74) is 5.33. The molecule has 0 spiro atoms. The molecule has 3 heterocycles. The average molecular weight is 391 g/mol. The van der Waals surface area contributed by atoms with Crippen LogP contribution in [0.3, 0.4) is 0 Å². The van der Waals surface area contributed by atoms with Gasteiger partial charge in [-0.1, -0.05) is 17.3 Å². The van der Waals surface area contributed by atoms with E-state index in [0.29, 0.717) is 17.3 Å². The van der Waals surface area contributed by atoms with Gasteiger partial charge in [-0.15, -0.1) is 0 Å². The minimum absolute atomic E-state index is 0.297. The lowest BCUT2D eigenvalue weighted by molar-refractivity contribution is 0.102. The highest BCUT2D eigenvalue weighted by Gasteiger charge is 2.20. The van der Waals surface area contributed by atoms with Crippen molar-refractivity contribution < 1.29 is 9.32 Å². The largest absolute Gasteiger partial charge is 0.368 e. The zero-order valence-corrected chi connectivity index (χ0v) is 17.0. The van der Waals surface area contributed by atoms with Gasteiger partial charge >= 0.3 is 0 Å². The molecule has 150 valence electrons. The minimum Gasteiger partial charge on any atom is -0.368 e. The molecule has 0 bridgehead atoms. The third-order valence-corrected chi connectivity index (χ3v) is 5.41. The number of carbonyl (C=O) groups is 1. The van der Waals surface area contributed by atoms with E-state index in [1.807, 2.05) is 12.1 Å². The van der Waals surface area contributed by atoms with Crippen LogP contribution in [-0.4, -0.2) is 42.2 Å². The fraction of sp³-hybridized carbons (Fsp3) is 0.318. The van der Waals surface area contributed by atoms with E-state index in [0.717, 1.165) is 31.9 Å². The number of pyridine rings is 1. The second-order valence-electron chi connectivity index (χ2n) is 7.37. The predicted octanol–water partition coefficient (Wildman–Crippen LogP) is 3.57. The average Bonchev–Trinajstić information content (AvgIpc) is 3.15. The van der Waals surface area contributed by atoms with Crippen molar-refractivity contribution in [2.24, 2.45) is 0 Å². The highest BCUT2D eigenvalue weighted by Crippen LogP contribution is 2.25. The Kier molecular flexibility index (Phi) is 5.20. The number of nitrogens with zero attached hydrogens (tertiary/aromatic N) is 4. The molecule has 29 heavy (non-hydrogen) atoms. The number of aryl methyl sites for hydroxylation is 2. The lowest BCUT2D eigenvalue weighted by atomic mass is 10.1. The second-order valence-corrected chi connectivity index (χ2v) is 7.37. The third-order valence-electron chi connectivity index (χ3n) is 5.41. The van der Waals surface area contributed by atoms with Gasteiger partial charge in [0.2, 0.25) is 0 Å². The van der Waals surface area contributed by atoms with Crippen molar-refractivity contribution in [3.8, 4) is 0 Å². The number of nitrogens with one attached hydrogen (secondary N) is 1. The maximum Gasteiger partial charge on any atom is 0.275 e. The number of hydrogen-bond donors (Lipinski definition) is 1. The van der Waals surface area contributed by atoms with Crippen LogP contribution < -0.4 is 15.1 Å². The fourth-order valence-electron chi connectivity index (χ4n) is 3.63. The van der Waals surface area contributed by atoms with Gasteiger partial charge in [0.15, 0.2) is 5.82 Å². The monoisotopic (exact) mass is 391 g/mol. The highest BCUT2D eigenvalue weighted by molar-refractivity contribution is 6.02. The van der Waals surface area contributed by atoms with Crippen LogP contribution in [0, 0.1) is 20.8 Å². The Morgan fingerprint density at radius 2 is 1.79 bits per heavy atom. The summed E-state index contributed by atoms with van der Waals surface area (Å²) in [5, 5.41) is 6.51. The molecular weight excluding hydrogens is 366 g/mol. The first-order valence-corrected chi connectivity index (χ1v) is 9.78. The van der Waals surface area contributed by atoms with E-state index in [9.17, 15) is 4.79 Å². The van der Waals surface area contributed by atoms with Crippen molar-refractivity contribution in [1.82, 2.24) is 10.1 Å². The summed E-state index contributed by atoms with van der Waals surface area (Å²) in [6.07, 6.45) is 1.68. The van der Waals surface area contributed by atoms with E-state index in [2.05, 4.69) is 57.3 Å². The summed E-state index contributed by atoms with van der Waals surface area (Å²) >= 11 is 0. The topological polar surface area (TPSA) is 74.5 Å². The van der Waals surface area contributed by atoms with Gasteiger partial charge in [-0.05, 0) is 50.1 Å². The van der Waals surface area contributed by atoms with Crippen LogP contribution in [0.1, 0.15) is 27.4 Å². The van der Waals surface area contributed by atoms with Crippen LogP contribution in [0.4, 0.5) is 17.2 Å². The molecule has 0 aliphatic carbocycles. The van der Waals surface area contributed by atoms with E-state index < -0.39 is 0 Å². The molecule has 1 amide bonds. The summed E-state index contributed by atoms with van der Waals surface area (Å²) < 4.78 is 4.98. The molecule has 1 N–H and O–H groups in total. The first kappa shape index (κ1) is 19.0. The van der Waals surface area contributed by atoms with Gasteiger partial charge in [0.25, 0.3) is 5.91 Å². The van der Waals surface area contributed by atoms with Crippen molar-refractivity contribution in [2.75, 3.05) is 41.3 Å². The van der Waals surface area contributed by atoms with Gasteiger partial charge in [0, 0.05) is 49.8 Å². The van der Waals surface area contributed by atoms with Crippen LogP contribution >= 0.6 is 0 Å². The quantitative estimate of drug-likeness (QED) is 0.733. The minimum atomic E-state index is -0.297. The van der Waals surface area contributed by atoms with Crippen molar-refractivity contribution in [3.63, 3.8) is 0 Å². The first-order chi connectivity index (χ1) is 14.0. The molecule has 1 fully saturated rings. The lowest BCUT2D eigenvalue weighted by Gasteiger charge is -2.38. The number of amides is 1. The van der Waals surface area contributed by atoms with Crippen LogP contribution in [0.15, 0.2) is 47.1 Å². The molecule has 0 saturated carbocycles. The SMILES string of the molecule is Cc1cc(NC(=O)c2cc(N3CCN(c4cccc(C)c4C)CC3)ccn2)no1. The van der Waals surface area contributed by atoms with E-state index in [1.54, 1.807) is 19.2 Å². The van der Waals surface area contributed by atoms with Gasteiger partial charge in [-0.25, -0.2) is 0 Å². The van der Waals surface area contributed by atoms with E-state index in [4.69, 9.17) is 4.52 Å². The van der Waals surface area contributed by atoms with Crippen molar-refractivity contribution in [1.29, 1.82) is 0 Å². The Morgan fingerprint density at radius 3 is 2.52 bits per heavy atom. The number of anilines is 3. The van der Waals surface area contributed by atoms with Crippen molar-refractivity contribution in [3.05, 3.63) is 65.2 Å². The predicted molar refractivity (Wildman–Crippen MR) is 114 cm³/mol. The molecule has 7 nitrogen and oxygen atoms in total. The molecule has 1 aromatic carbocycles. The molecule has 3 aromatic rings. The van der Waals surface area contributed by atoms with Crippen LogP contribution in [0.5, 0.6) is 0 Å². The molecule has 1 saturated heterocycles. The summed E-state index contributed by atoms with van der Waals surface area (Å²) in [6.45, 7) is 9.76. The lowest BCUT2D eigenvalue weighted by Crippen LogP contribution is -2.46. The zero-order valence-electron chi connectivity index (χ0n) is 17.0. The number of carbonyl (C=O) groups excluding carboxylic acids is 1. The van der Waals surface area contributed by atoms with Crippen LogP contribution in [0.25, 0.3) is 0 Å². The van der Waals surface area contributed by atoms with Crippen molar-refractivity contribution >= 4 is 23.1 Å². The Bertz CT molecular complexity index is 1020. The Labute approximate surface area is 170 Å². The number of hydrogen-bond acceptors (Lipinski definition) is 6. The molecule has 2 aromatic heterocycles. The van der Waals surface area contributed by atoms with Gasteiger partial charge in [-0.2, -0.15) is 0 Å². The first-order valence-electron chi connectivity index (χ1n) is 9.78. The normalized spacial score (nSPS) is 14.2. The van der Waals surface area contributed by atoms with Crippen molar-refractivity contribution in [2.45, 2.75) is 20.8 Å². The smallest absolute Gasteiger partial charge is 0.275 e. The van der Waals surface area contributed by atoms with Gasteiger partial charge in [0.1, 0.15) is 11.5 Å². The molecule has 1 aliphatic rings. The molecule has 0 unspecified atom stereocenters. The number of piperazine rings is 1. The van der Waals surface area contributed by atoms with Gasteiger partial charge < -0.3 is 19.6 Å². The number of aromatic nitrogens is 2. The van der Waals surface area contributed by atoms with E-state index >= 15 is 0 Å². The highest BCUT2D eigenvalue weighted by atomic mass is 16.5. The summed E-state index contributed by atoms with van der Waals surface area (Å²) in [4.78, 5) is 21.4. The summed E-state index contributed by atoms with van der Waals surface area (Å²) in [5.74, 6) is 0.736. The number of rotatable bonds is 4. The Balaban J connectivity index is 1.43. The maximum absolute atomic E-state index is 12.5. The second kappa shape index (κ2) is 7.95. The maximum atomic E-state index is 12.5. The fourth-order valence-corrected chi connectivity index (χ4v) is 3.63. The van der Waals surface area contributed by atoms with Crippen LogP contribution in [-0.2, 0) is 0 Å². The van der Waals surface area contributed by atoms with E-state index in [1.165, 1.54) is 16.8 Å². The Hall–Kier alpha value is -3.35. The third kappa shape index (κ3) is 4.08. The van der Waals surface area contributed by atoms with Gasteiger partial charge in [-0.3, -0.25) is 9.78 Å². The molecule has 4 rings (SSSR count). The van der Waals surface area contributed by atoms with Gasteiger partial charge in [0.05, 0.1) is 0 Å².